The van der Waals surface area contributed by atoms with Crippen molar-refractivity contribution in [3.63, 3.8) is 0 Å². The topological polar surface area (TPSA) is 48.3 Å². The highest BCUT2D eigenvalue weighted by molar-refractivity contribution is 5.55. The standard InChI is InChI=1S/C13H15N3O2/c1-2-16-6-5-11(15-16)8-14-10-3-4-12-13(7-10)18-9-17-12/h3-7,14H,2,8-9H2,1H3. The zero-order valence-electron chi connectivity index (χ0n) is 10.2. The fourth-order valence-electron chi connectivity index (χ4n) is 1.87. The van der Waals surface area contributed by atoms with E-state index in [1.165, 1.54) is 0 Å². The van der Waals surface area contributed by atoms with Crippen molar-refractivity contribution in [3.8, 4) is 11.5 Å². The molecule has 0 fully saturated rings. The summed E-state index contributed by atoms with van der Waals surface area (Å²) in [5.41, 5.74) is 2.03. The molecule has 2 heterocycles. The number of ether oxygens (including phenoxy) is 2. The minimum atomic E-state index is 0.305. The summed E-state index contributed by atoms with van der Waals surface area (Å²) in [6.07, 6.45) is 1.98. The summed E-state index contributed by atoms with van der Waals surface area (Å²) < 4.78 is 12.5. The Balaban J connectivity index is 1.66. The highest BCUT2D eigenvalue weighted by Crippen LogP contribution is 2.34. The first-order valence-corrected chi connectivity index (χ1v) is 6.01. The molecule has 0 saturated heterocycles. The van der Waals surface area contributed by atoms with E-state index in [0.717, 1.165) is 29.4 Å². The molecule has 3 rings (SSSR count). The van der Waals surface area contributed by atoms with Crippen molar-refractivity contribution in [1.82, 2.24) is 9.78 Å². The maximum absolute atomic E-state index is 5.33. The molecule has 0 spiro atoms. The van der Waals surface area contributed by atoms with E-state index in [0.29, 0.717) is 13.3 Å². The van der Waals surface area contributed by atoms with Gasteiger partial charge in [0.25, 0.3) is 0 Å². The molecule has 1 aliphatic heterocycles. The molecule has 0 unspecified atom stereocenters. The third-order valence-corrected chi connectivity index (χ3v) is 2.87. The van der Waals surface area contributed by atoms with Gasteiger partial charge in [-0.3, -0.25) is 4.68 Å². The number of hydrogen-bond acceptors (Lipinski definition) is 4. The summed E-state index contributed by atoms with van der Waals surface area (Å²) in [5.74, 6) is 1.59. The second-order valence-corrected chi connectivity index (χ2v) is 4.08. The zero-order valence-corrected chi connectivity index (χ0v) is 10.2. The van der Waals surface area contributed by atoms with E-state index in [2.05, 4.69) is 17.3 Å². The fraction of sp³-hybridized carbons (Fsp3) is 0.308. The first kappa shape index (κ1) is 11.0. The van der Waals surface area contributed by atoms with Gasteiger partial charge in [0.05, 0.1) is 12.2 Å². The molecule has 0 amide bonds. The van der Waals surface area contributed by atoms with Crippen molar-refractivity contribution in [2.24, 2.45) is 0 Å². The lowest BCUT2D eigenvalue weighted by molar-refractivity contribution is 0.174. The van der Waals surface area contributed by atoms with E-state index in [9.17, 15) is 0 Å². The summed E-state index contributed by atoms with van der Waals surface area (Å²) in [6.45, 7) is 3.97. The number of nitrogens with one attached hydrogen (secondary N) is 1. The second-order valence-electron chi connectivity index (χ2n) is 4.08. The molecule has 0 bridgehead atoms. The lowest BCUT2D eigenvalue weighted by Gasteiger charge is -2.05. The molecule has 18 heavy (non-hydrogen) atoms. The van der Waals surface area contributed by atoms with Gasteiger partial charge in [0.1, 0.15) is 0 Å². The SMILES string of the molecule is CCn1ccc(CNc2ccc3c(c2)OCO3)n1. The van der Waals surface area contributed by atoms with Crippen molar-refractivity contribution in [1.29, 1.82) is 0 Å². The Morgan fingerprint density at radius 3 is 3.00 bits per heavy atom. The maximum Gasteiger partial charge on any atom is 0.231 e. The highest BCUT2D eigenvalue weighted by atomic mass is 16.7. The quantitative estimate of drug-likeness (QED) is 0.897. The first-order valence-electron chi connectivity index (χ1n) is 6.01. The zero-order chi connectivity index (χ0) is 12.4. The van der Waals surface area contributed by atoms with E-state index in [-0.39, 0.29) is 0 Å². The molecule has 94 valence electrons. The third-order valence-electron chi connectivity index (χ3n) is 2.87. The van der Waals surface area contributed by atoms with Crippen molar-refractivity contribution in [2.75, 3.05) is 12.1 Å². The molecular formula is C13H15N3O2. The summed E-state index contributed by atoms with van der Waals surface area (Å²) in [5, 5.41) is 7.73. The van der Waals surface area contributed by atoms with E-state index in [1.807, 2.05) is 35.1 Å². The molecule has 1 aromatic carbocycles. The minimum absolute atomic E-state index is 0.305. The van der Waals surface area contributed by atoms with E-state index in [4.69, 9.17) is 9.47 Å². The summed E-state index contributed by atoms with van der Waals surface area (Å²) in [7, 11) is 0. The van der Waals surface area contributed by atoms with Crippen LogP contribution in [0.2, 0.25) is 0 Å². The molecule has 5 heteroatoms. The minimum Gasteiger partial charge on any atom is -0.454 e. The van der Waals surface area contributed by atoms with Gasteiger partial charge < -0.3 is 14.8 Å². The molecule has 1 aromatic heterocycles. The van der Waals surface area contributed by atoms with E-state index >= 15 is 0 Å². The van der Waals surface area contributed by atoms with Crippen LogP contribution in [0.4, 0.5) is 5.69 Å². The summed E-state index contributed by atoms with van der Waals surface area (Å²) >= 11 is 0. The number of fused-ring (bicyclic) bond motifs is 1. The Bertz CT molecular complexity index is 551. The predicted octanol–water partition coefficient (Wildman–Crippen LogP) is 2.24. The van der Waals surface area contributed by atoms with Crippen molar-refractivity contribution in [3.05, 3.63) is 36.2 Å². The van der Waals surface area contributed by atoms with Crippen LogP contribution in [-0.2, 0) is 13.1 Å². The lowest BCUT2D eigenvalue weighted by atomic mass is 10.2. The van der Waals surface area contributed by atoms with Gasteiger partial charge in [0.2, 0.25) is 6.79 Å². The van der Waals surface area contributed by atoms with Crippen molar-refractivity contribution >= 4 is 5.69 Å². The number of aromatic nitrogens is 2. The average Bonchev–Trinajstić information content (AvgIpc) is 3.04. The Hall–Kier alpha value is -2.17. The van der Waals surface area contributed by atoms with Crippen LogP contribution in [0.5, 0.6) is 11.5 Å². The van der Waals surface area contributed by atoms with Crippen LogP contribution in [-0.4, -0.2) is 16.6 Å². The van der Waals surface area contributed by atoms with Gasteiger partial charge in [-0.25, -0.2) is 0 Å². The van der Waals surface area contributed by atoms with Crippen LogP contribution in [0.25, 0.3) is 0 Å². The number of anilines is 1. The summed E-state index contributed by atoms with van der Waals surface area (Å²) in [4.78, 5) is 0. The summed E-state index contributed by atoms with van der Waals surface area (Å²) in [6, 6.07) is 7.85. The third kappa shape index (κ3) is 2.11. The monoisotopic (exact) mass is 245 g/mol. The largest absolute Gasteiger partial charge is 0.454 e. The molecular weight excluding hydrogens is 230 g/mol. The molecule has 0 aliphatic carbocycles. The molecule has 0 atom stereocenters. The maximum atomic E-state index is 5.33. The first-order chi connectivity index (χ1) is 8.85. The molecule has 1 aliphatic rings. The lowest BCUT2D eigenvalue weighted by Crippen LogP contribution is -2.02. The van der Waals surface area contributed by atoms with E-state index < -0.39 is 0 Å². The molecule has 5 nitrogen and oxygen atoms in total. The normalized spacial score (nSPS) is 12.7. The van der Waals surface area contributed by atoms with Crippen LogP contribution in [0.1, 0.15) is 12.6 Å². The van der Waals surface area contributed by atoms with Crippen molar-refractivity contribution < 1.29 is 9.47 Å². The Labute approximate surface area is 105 Å². The fourth-order valence-corrected chi connectivity index (χ4v) is 1.87. The Morgan fingerprint density at radius 1 is 1.28 bits per heavy atom. The van der Waals surface area contributed by atoms with Gasteiger partial charge in [0, 0.05) is 24.5 Å². The van der Waals surface area contributed by atoms with Crippen LogP contribution < -0.4 is 14.8 Å². The molecule has 1 N–H and O–H groups in total. The smallest absolute Gasteiger partial charge is 0.231 e. The Morgan fingerprint density at radius 2 is 2.17 bits per heavy atom. The van der Waals surface area contributed by atoms with Gasteiger partial charge >= 0.3 is 0 Å². The molecule has 2 aromatic rings. The van der Waals surface area contributed by atoms with Gasteiger partial charge in [0.15, 0.2) is 11.5 Å². The number of hydrogen-bond donors (Lipinski definition) is 1. The molecule has 0 radical (unpaired) electrons. The van der Waals surface area contributed by atoms with E-state index in [1.54, 1.807) is 0 Å². The number of rotatable bonds is 4. The highest BCUT2D eigenvalue weighted by Gasteiger charge is 2.12. The van der Waals surface area contributed by atoms with Crippen LogP contribution in [0.15, 0.2) is 30.5 Å². The average molecular weight is 245 g/mol. The Kier molecular flexibility index (Phi) is 2.80. The van der Waals surface area contributed by atoms with Crippen LogP contribution in [0.3, 0.4) is 0 Å². The van der Waals surface area contributed by atoms with Crippen LogP contribution >= 0.6 is 0 Å². The predicted molar refractivity (Wildman–Crippen MR) is 67.8 cm³/mol. The van der Waals surface area contributed by atoms with Gasteiger partial charge in [-0.15, -0.1) is 0 Å². The van der Waals surface area contributed by atoms with Crippen LogP contribution in [0, 0.1) is 0 Å². The second kappa shape index (κ2) is 4.60. The number of aryl methyl sites for hydroxylation is 1. The van der Waals surface area contributed by atoms with Gasteiger partial charge in [-0.2, -0.15) is 5.10 Å². The van der Waals surface area contributed by atoms with Gasteiger partial charge in [-0.1, -0.05) is 0 Å². The molecule has 0 saturated carbocycles. The number of nitrogens with zero attached hydrogens (tertiary/aromatic N) is 2. The van der Waals surface area contributed by atoms with Crippen molar-refractivity contribution in [2.45, 2.75) is 20.0 Å². The van der Waals surface area contributed by atoms with Gasteiger partial charge in [-0.05, 0) is 25.1 Å². The number of benzene rings is 1.